The second kappa shape index (κ2) is 5.87. The molecule has 0 aliphatic carbocycles. The van der Waals surface area contributed by atoms with E-state index in [0.29, 0.717) is 16.8 Å². The maximum atomic E-state index is 12.0. The lowest BCUT2D eigenvalue weighted by atomic mass is 10.1. The molecule has 0 fully saturated rings. The Morgan fingerprint density at radius 1 is 1.15 bits per heavy atom. The van der Waals surface area contributed by atoms with Crippen molar-refractivity contribution in [2.75, 3.05) is 0 Å². The number of aromatic amines is 1. The molecule has 7 heteroatoms. The summed E-state index contributed by atoms with van der Waals surface area (Å²) in [5, 5.41) is 9.37. The minimum absolute atomic E-state index is 0.219. The van der Waals surface area contributed by atoms with Crippen molar-refractivity contribution in [1.82, 2.24) is 4.98 Å². The number of H-pyrrole nitrogens is 1. The van der Waals surface area contributed by atoms with E-state index in [1.807, 2.05) is 0 Å². The summed E-state index contributed by atoms with van der Waals surface area (Å²) in [4.78, 5) is 25.1. The van der Waals surface area contributed by atoms with Crippen molar-refractivity contribution in [3.8, 4) is 11.1 Å². The van der Waals surface area contributed by atoms with E-state index < -0.39 is 11.5 Å². The summed E-state index contributed by atoms with van der Waals surface area (Å²) in [7, 11) is 0. The van der Waals surface area contributed by atoms with E-state index in [-0.39, 0.29) is 21.5 Å². The van der Waals surface area contributed by atoms with E-state index in [4.69, 9.17) is 39.9 Å². The number of aromatic nitrogens is 1. The monoisotopic (exact) mass is 331 g/mol. The number of benzene rings is 1. The highest BCUT2D eigenvalue weighted by Gasteiger charge is 2.11. The lowest BCUT2D eigenvalue weighted by Gasteiger charge is -2.06. The fourth-order valence-corrected chi connectivity index (χ4v) is 2.31. The molecule has 0 spiro atoms. The van der Waals surface area contributed by atoms with Gasteiger partial charge in [-0.2, -0.15) is 0 Å². The van der Waals surface area contributed by atoms with Crippen LogP contribution in [0.15, 0.2) is 29.1 Å². The number of aliphatic carboxylic acids is 1. The summed E-state index contributed by atoms with van der Waals surface area (Å²) in [6.07, 6.45) is -0.252. The molecule has 2 N–H and O–H groups in total. The number of hydrogen-bond donors (Lipinski definition) is 2. The molecule has 4 nitrogen and oxygen atoms in total. The lowest BCUT2D eigenvalue weighted by Crippen LogP contribution is -2.13. The molecule has 0 radical (unpaired) electrons. The Labute approximate surface area is 128 Å². The first-order valence-corrected chi connectivity index (χ1v) is 6.61. The molecule has 0 atom stereocenters. The summed E-state index contributed by atoms with van der Waals surface area (Å²) in [6, 6.07) is 6.10. The van der Waals surface area contributed by atoms with E-state index in [2.05, 4.69) is 4.98 Å². The summed E-state index contributed by atoms with van der Waals surface area (Å²) >= 11 is 17.7. The van der Waals surface area contributed by atoms with Gasteiger partial charge < -0.3 is 10.1 Å². The van der Waals surface area contributed by atoms with Gasteiger partial charge in [-0.3, -0.25) is 9.59 Å². The van der Waals surface area contributed by atoms with Crippen molar-refractivity contribution >= 4 is 40.8 Å². The average molecular weight is 333 g/mol. The fourth-order valence-electron chi connectivity index (χ4n) is 1.72. The van der Waals surface area contributed by atoms with Crippen LogP contribution in [0, 0.1) is 0 Å². The van der Waals surface area contributed by atoms with Crippen molar-refractivity contribution in [3.63, 3.8) is 0 Å². The zero-order valence-corrected chi connectivity index (χ0v) is 12.2. The van der Waals surface area contributed by atoms with Crippen molar-refractivity contribution in [1.29, 1.82) is 0 Å². The molecule has 2 rings (SSSR count). The van der Waals surface area contributed by atoms with Crippen LogP contribution in [0.4, 0.5) is 0 Å². The third-order valence-electron chi connectivity index (χ3n) is 2.61. The number of hydrogen-bond acceptors (Lipinski definition) is 2. The summed E-state index contributed by atoms with van der Waals surface area (Å²) < 4.78 is 0. The zero-order chi connectivity index (χ0) is 14.9. The van der Waals surface area contributed by atoms with Crippen molar-refractivity contribution in [2.45, 2.75) is 6.42 Å². The predicted molar refractivity (Wildman–Crippen MR) is 78.9 cm³/mol. The molecule has 0 saturated heterocycles. The van der Waals surface area contributed by atoms with Gasteiger partial charge in [-0.25, -0.2) is 0 Å². The van der Waals surface area contributed by atoms with E-state index in [0.717, 1.165) is 0 Å². The number of halogens is 3. The van der Waals surface area contributed by atoms with E-state index in [9.17, 15) is 9.59 Å². The van der Waals surface area contributed by atoms with Gasteiger partial charge in [-0.05, 0) is 29.8 Å². The van der Waals surface area contributed by atoms with Crippen LogP contribution in [0.5, 0.6) is 0 Å². The molecule has 0 aliphatic heterocycles. The van der Waals surface area contributed by atoms with Crippen LogP contribution in [-0.4, -0.2) is 16.1 Å². The van der Waals surface area contributed by atoms with Gasteiger partial charge in [0.2, 0.25) is 0 Å². The zero-order valence-electron chi connectivity index (χ0n) is 9.91. The molecule has 0 aliphatic rings. The van der Waals surface area contributed by atoms with E-state index in [1.165, 1.54) is 24.3 Å². The molecule has 0 bridgehead atoms. The maximum Gasteiger partial charge on any atom is 0.309 e. The van der Waals surface area contributed by atoms with Crippen LogP contribution in [-0.2, 0) is 11.2 Å². The highest BCUT2D eigenvalue weighted by molar-refractivity contribution is 6.48. The Morgan fingerprint density at radius 3 is 2.25 bits per heavy atom. The summed E-state index contributed by atoms with van der Waals surface area (Å²) in [5.41, 5.74) is 0.739. The minimum Gasteiger partial charge on any atom is -0.481 e. The number of pyridine rings is 1. The molecule has 0 unspecified atom stereocenters. The minimum atomic E-state index is -1.02. The highest BCUT2D eigenvalue weighted by Crippen LogP contribution is 2.34. The van der Waals surface area contributed by atoms with Crippen LogP contribution >= 0.6 is 34.8 Å². The normalized spacial score (nSPS) is 10.6. The molecule has 0 saturated carbocycles. The van der Waals surface area contributed by atoms with Crippen LogP contribution < -0.4 is 5.56 Å². The smallest absolute Gasteiger partial charge is 0.309 e. The Morgan fingerprint density at radius 2 is 1.75 bits per heavy atom. The first-order valence-electron chi connectivity index (χ1n) is 5.47. The van der Waals surface area contributed by atoms with Crippen LogP contribution in [0.3, 0.4) is 0 Å². The van der Waals surface area contributed by atoms with Crippen molar-refractivity contribution < 1.29 is 9.90 Å². The van der Waals surface area contributed by atoms with Gasteiger partial charge in [0, 0.05) is 11.3 Å². The van der Waals surface area contributed by atoms with Crippen LogP contribution in [0.2, 0.25) is 15.1 Å². The van der Waals surface area contributed by atoms with Gasteiger partial charge in [-0.1, -0.05) is 34.8 Å². The predicted octanol–water partition coefficient (Wildman–Crippen LogP) is 3.63. The lowest BCUT2D eigenvalue weighted by molar-refractivity contribution is -0.136. The maximum absolute atomic E-state index is 12.0. The van der Waals surface area contributed by atoms with Gasteiger partial charge in [0.1, 0.15) is 0 Å². The fraction of sp³-hybridized carbons (Fsp3) is 0.0769. The summed E-state index contributed by atoms with van der Waals surface area (Å²) in [6.45, 7) is 0. The number of carboxylic acid groups (broad SMARTS) is 1. The Hall–Kier alpha value is -1.49. The van der Waals surface area contributed by atoms with Gasteiger partial charge >= 0.3 is 5.97 Å². The number of nitrogens with one attached hydrogen (secondary N) is 1. The third-order valence-corrected chi connectivity index (χ3v) is 3.80. The second-order valence-electron chi connectivity index (χ2n) is 4.05. The van der Waals surface area contributed by atoms with Crippen LogP contribution in [0.1, 0.15) is 5.69 Å². The molecule has 2 aromatic rings. The highest BCUT2D eigenvalue weighted by atomic mass is 35.5. The quantitative estimate of drug-likeness (QED) is 0.843. The van der Waals surface area contributed by atoms with Gasteiger partial charge in [0.15, 0.2) is 0 Å². The van der Waals surface area contributed by atoms with Gasteiger partial charge in [0.05, 0.1) is 21.5 Å². The molecular formula is C13H8Cl3NO3. The standard InChI is InChI=1S/C13H8Cl3NO3/c14-9-3-6(4-10(15)12(9)16)8-2-1-7(5-11(18)19)17-13(8)20/h1-4H,5H2,(H,17,20)(H,18,19). The Bertz CT molecular complexity index is 717. The largest absolute Gasteiger partial charge is 0.481 e. The number of carbonyl (C=O) groups is 1. The average Bonchev–Trinajstić information content (AvgIpc) is 2.34. The van der Waals surface area contributed by atoms with Gasteiger partial charge in [-0.15, -0.1) is 0 Å². The molecule has 20 heavy (non-hydrogen) atoms. The molecule has 1 aromatic heterocycles. The third kappa shape index (κ3) is 3.15. The van der Waals surface area contributed by atoms with Crippen LogP contribution in [0.25, 0.3) is 11.1 Å². The van der Waals surface area contributed by atoms with Crippen molar-refractivity contribution in [2.24, 2.45) is 0 Å². The molecule has 1 aromatic carbocycles. The SMILES string of the molecule is O=C(O)Cc1ccc(-c2cc(Cl)c(Cl)c(Cl)c2)c(=O)[nH]1. The van der Waals surface area contributed by atoms with E-state index in [1.54, 1.807) is 0 Å². The Kier molecular flexibility index (Phi) is 4.38. The molecule has 0 amide bonds. The van der Waals surface area contributed by atoms with Gasteiger partial charge in [0.25, 0.3) is 5.56 Å². The van der Waals surface area contributed by atoms with Crippen molar-refractivity contribution in [3.05, 3.63) is 55.4 Å². The second-order valence-corrected chi connectivity index (χ2v) is 5.24. The number of carboxylic acids is 1. The first-order chi connectivity index (χ1) is 9.38. The molecular weight excluding hydrogens is 325 g/mol. The molecule has 1 heterocycles. The first kappa shape index (κ1) is 14.9. The van der Waals surface area contributed by atoms with E-state index >= 15 is 0 Å². The summed E-state index contributed by atoms with van der Waals surface area (Å²) in [5.74, 6) is -1.02. The topological polar surface area (TPSA) is 70.2 Å². The molecule has 104 valence electrons. The number of rotatable bonds is 3. The Balaban J connectivity index is 2.49.